The van der Waals surface area contributed by atoms with E-state index >= 15 is 0 Å². The molecule has 2 N–H and O–H groups in total. The molecule has 0 saturated heterocycles. The van der Waals surface area contributed by atoms with Crippen molar-refractivity contribution in [3.63, 3.8) is 0 Å². The fourth-order valence-corrected chi connectivity index (χ4v) is 3.42. The van der Waals surface area contributed by atoms with Crippen molar-refractivity contribution in [1.82, 2.24) is 5.32 Å². The number of carbonyl (C=O) groups excluding carboxylic acids is 2. The third-order valence-corrected chi connectivity index (χ3v) is 4.97. The quantitative estimate of drug-likeness (QED) is 0.725. The molecule has 25 heavy (non-hydrogen) atoms. The molecule has 2 rings (SSSR count). The van der Waals surface area contributed by atoms with Crippen LogP contribution in [0, 0.1) is 18.8 Å². The molecular weight excluding hydrogens is 340 g/mol. The highest BCUT2D eigenvalue weighted by Crippen LogP contribution is 2.30. The van der Waals surface area contributed by atoms with Crippen LogP contribution in [-0.4, -0.2) is 32.1 Å². The van der Waals surface area contributed by atoms with Crippen LogP contribution < -0.4 is 10.6 Å². The summed E-state index contributed by atoms with van der Waals surface area (Å²) in [6.07, 6.45) is 3.82. The normalized spacial score (nSPS) is 20.1. The zero-order valence-corrected chi connectivity index (χ0v) is 15.7. The lowest BCUT2D eigenvalue weighted by Crippen LogP contribution is -2.36. The largest absolute Gasteiger partial charge is 0.385 e. The van der Waals surface area contributed by atoms with Crippen LogP contribution in [0.3, 0.4) is 0 Å². The summed E-state index contributed by atoms with van der Waals surface area (Å²) < 4.78 is 4.97. The van der Waals surface area contributed by atoms with E-state index in [0.717, 1.165) is 43.4 Å². The number of carbonyl (C=O) groups is 2. The van der Waals surface area contributed by atoms with E-state index in [9.17, 15) is 9.59 Å². The SMILES string of the molecule is COCCCNC(=O)C1CCC(C(=O)Nc2ccc(Cl)cc2C)CC1. The molecule has 0 aliphatic heterocycles. The van der Waals surface area contributed by atoms with Crippen molar-refractivity contribution in [3.8, 4) is 0 Å². The molecule has 0 aromatic heterocycles. The van der Waals surface area contributed by atoms with Gasteiger partial charge in [-0.15, -0.1) is 0 Å². The average Bonchev–Trinajstić information content (AvgIpc) is 2.61. The average molecular weight is 367 g/mol. The zero-order valence-electron chi connectivity index (χ0n) is 14.9. The standard InChI is InChI=1S/C19H27ClN2O3/c1-13-12-16(20)8-9-17(13)22-19(24)15-6-4-14(5-7-15)18(23)21-10-3-11-25-2/h8-9,12,14-15H,3-7,10-11H2,1-2H3,(H,21,23)(H,22,24). The van der Waals surface area contributed by atoms with Gasteiger partial charge in [-0.3, -0.25) is 9.59 Å². The summed E-state index contributed by atoms with van der Waals surface area (Å²) in [5, 5.41) is 6.60. The molecule has 1 aromatic rings. The molecule has 0 unspecified atom stereocenters. The van der Waals surface area contributed by atoms with Crippen molar-refractivity contribution in [3.05, 3.63) is 28.8 Å². The third kappa shape index (κ3) is 6.01. The number of hydrogen-bond acceptors (Lipinski definition) is 3. The molecule has 6 heteroatoms. The number of rotatable bonds is 7. The van der Waals surface area contributed by atoms with Crippen LogP contribution in [0.1, 0.15) is 37.7 Å². The summed E-state index contributed by atoms with van der Waals surface area (Å²) in [5.41, 5.74) is 1.75. The van der Waals surface area contributed by atoms with Crippen LogP contribution in [0.15, 0.2) is 18.2 Å². The van der Waals surface area contributed by atoms with Crippen molar-refractivity contribution in [2.24, 2.45) is 11.8 Å². The Bertz CT molecular complexity index is 598. The van der Waals surface area contributed by atoms with Crippen LogP contribution in [0.25, 0.3) is 0 Å². The van der Waals surface area contributed by atoms with Gasteiger partial charge >= 0.3 is 0 Å². The van der Waals surface area contributed by atoms with E-state index in [-0.39, 0.29) is 23.7 Å². The Morgan fingerprint density at radius 2 is 1.80 bits per heavy atom. The second-order valence-corrected chi connectivity index (χ2v) is 7.07. The number of halogens is 1. The van der Waals surface area contributed by atoms with Gasteiger partial charge in [-0.1, -0.05) is 11.6 Å². The maximum atomic E-state index is 12.5. The Morgan fingerprint density at radius 3 is 2.40 bits per heavy atom. The third-order valence-electron chi connectivity index (χ3n) is 4.74. The van der Waals surface area contributed by atoms with Gasteiger partial charge < -0.3 is 15.4 Å². The van der Waals surface area contributed by atoms with Crippen molar-refractivity contribution < 1.29 is 14.3 Å². The number of anilines is 1. The van der Waals surface area contributed by atoms with Crippen LogP contribution in [-0.2, 0) is 14.3 Å². The minimum Gasteiger partial charge on any atom is -0.385 e. The molecule has 0 radical (unpaired) electrons. The highest BCUT2D eigenvalue weighted by Gasteiger charge is 2.29. The number of hydrogen-bond donors (Lipinski definition) is 2. The van der Waals surface area contributed by atoms with Crippen molar-refractivity contribution >= 4 is 29.1 Å². The topological polar surface area (TPSA) is 67.4 Å². The lowest BCUT2D eigenvalue weighted by Gasteiger charge is -2.27. The first kappa shape index (κ1) is 19.7. The van der Waals surface area contributed by atoms with Gasteiger partial charge in [0.25, 0.3) is 0 Å². The Kier molecular flexibility index (Phi) is 7.72. The lowest BCUT2D eigenvalue weighted by atomic mass is 9.81. The van der Waals surface area contributed by atoms with Gasteiger partial charge in [0.2, 0.25) is 11.8 Å². The van der Waals surface area contributed by atoms with E-state index in [1.807, 2.05) is 19.1 Å². The summed E-state index contributed by atoms with van der Waals surface area (Å²) in [7, 11) is 1.65. The monoisotopic (exact) mass is 366 g/mol. The molecule has 1 aromatic carbocycles. The van der Waals surface area contributed by atoms with E-state index in [2.05, 4.69) is 10.6 Å². The van der Waals surface area contributed by atoms with Crippen molar-refractivity contribution in [2.45, 2.75) is 39.0 Å². The minimum absolute atomic E-state index is 0.0175. The molecule has 138 valence electrons. The van der Waals surface area contributed by atoms with E-state index in [4.69, 9.17) is 16.3 Å². The second kappa shape index (κ2) is 9.78. The molecule has 0 spiro atoms. The van der Waals surface area contributed by atoms with Crippen LogP contribution in [0.5, 0.6) is 0 Å². The summed E-state index contributed by atoms with van der Waals surface area (Å²) in [6, 6.07) is 5.44. The molecule has 0 atom stereocenters. The minimum atomic E-state index is -0.0346. The molecule has 0 heterocycles. The number of methoxy groups -OCH3 is 1. The molecule has 2 amide bonds. The fourth-order valence-electron chi connectivity index (χ4n) is 3.19. The van der Waals surface area contributed by atoms with Crippen LogP contribution in [0.4, 0.5) is 5.69 Å². The molecule has 1 aliphatic rings. The smallest absolute Gasteiger partial charge is 0.227 e. The summed E-state index contributed by atoms with van der Waals surface area (Å²) in [6.45, 7) is 3.21. The van der Waals surface area contributed by atoms with Crippen molar-refractivity contribution in [1.29, 1.82) is 0 Å². The Morgan fingerprint density at radius 1 is 1.16 bits per heavy atom. The highest BCUT2D eigenvalue weighted by molar-refractivity contribution is 6.30. The van der Waals surface area contributed by atoms with E-state index < -0.39 is 0 Å². The lowest BCUT2D eigenvalue weighted by molar-refractivity contribution is -0.128. The number of aryl methyl sites for hydroxylation is 1. The van der Waals surface area contributed by atoms with Gasteiger partial charge in [0.15, 0.2) is 0 Å². The number of ether oxygens (including phenoxy) is 1. The molecule has 1 fully saturated rings. The first-order chi connectivity index (χ1) is 12.0. The Hall–Kier alpha value is -1.59. The van der Waals surface area contributed by atoms with Crippen molar-refractivity contribution in [2.75, 3.05) is 25.6 Å². The molecule has 5 nitrogen and oxygen atoms in total. The van der Waals surface area contributed by atoms with E-state index in [1.165, 1.54) is 0 Å². The molecule has 1 saturated carbocycles. The summed E-state index contributed by atoms with van der Waals surface area (Å²) in [5.74, 6) is 0.115. The van der Waals surface area contributed by atoms with Gasteiger partial charge in [0, 0.05) is 42.8 Å². The number of nitrogens with one attached hydrogen (secondary N) is 2. The molecule has 0 bridgehead atoms. The molecular formula is C19H27ClN2O3. The predicted octanol–water partition coefficient (Wildman–Crippen LogP) is 3.55. The molecule has 1 aliphatic carbocycles. The number of amides is 2. The second-order valence-electron chi connectivity index (χ2n) is 6.63. The van der Waals surface area contributed by atoms with E-state index in [0.29, 0.717) is 18.2 Å². The van der Waals surface area contributed by atoms with Crippen LogP contribution >= 0.6 is 11.6 Å². The zero-order chi connectivity index (χ0) is 18.2. The Balaban J connectivity index is 1.77. The highest BCUT2D eigenvalue weighted by atomic mass is 35.5. The summed E-state index contributed by atoms with van der Waals surface area (Å²) >= 11 is 5.94. The van der Waals surface area contributed by atoms with Gasteiger partial charge in [-0.25, -0.2) is 0 Å². The van der Waals surface area contributed by atoms with Gasteiger partial charge in [-0.2, -0.15) is 0 Å². The fraction of sp³-hybridized carbons (Fsp3) is 0.579. The number of benzene rings is 1. The first-order valence-corrected chi connectivity index (χ1v) is 9.22. The van der Waals surface area contributed by atoms with Gasteiger partial charge in [0.05, 0.1) is 0 Å². The van der Waals surface area contributed by atoms with E-state index in [1.54, 1.807) is 13.2 Å². The first-order valence-electron chi connectivity index (χ1n) is 8.85. The van der Waals surface area contributed by atoms with Gasteiger partial charge in [-0.05, 0) is 62.8 Å². The Labute approximate surface area is 154 Å². The maximum absolute atomic E-state index is 12.5. The maximum Gasteiger partial charge on any atom is 0.227 e. The van der Waals surface area contributed by atoms with Gasteiger partial charge in [0.1, 0.15) is 0 Å². The predicted molar refractivity (Wildman–Crippen MR) is 99.8 cm³/mol. The van der Waals surface area contributed by atoms with Crippen LogP contribution in [0.2, 0.25) is 5.02 Å². The summed E-state index contributed by atoms with van der Waals surface area (Å²) in [4.78, 5) is 24.6.